The number of aliphatic imine (C=N–C) groups is 1. The number of thioether (sulfide) groups is 1. The van der Waals surface area contributed by atoms with Crippen molar-refractivity contribution in [3.63, 3.8) is 0 Å². The molecule has 0 aromatic heterocycles. The van der Waals surface area contributed by atoms with E-state index in [9.17, 15) is 27.6 Å². The number of amidine groups is 1. The maximum absolute atomic E-state index is 12.7. The van der Waals surface area contributed by atoms with E-state index in [-0.39, 0.29) is 36.2 Å². The van der Waals surface area contributed by atoms with Crippen molar-refractivity contribution in [2.45, 2.75) is 52.1 Å². The van der Waals surface area contributed by atoms with Crippen LogP contribution >= 0.6 is 11.8 Å². The van der Waals surface area contributed by atoms with Crippen molar-refractivity contribution in [3.8, 4) is 0 Å². The number of hydrogen-bond acceptors (Lipinski definition) is 4. The number of rotatable bonds is 9. The average Bonchev–Trinajstić information content (AvgIpc) is 3.28. The van der Waals surface area contributed by atoms with Crippen LogP contribution < -0.4 is 10.2 Å². The molecule has 0 unspecified atom stereocenters. The van der Waals surface area contributed by atoms with Gasteiger partial charge in [-0.3, -0.25) is 14.5 Å². The third-order valence-electron chi connectivity index (χ3n) is 6.81. The molecule has 3 amide bonds. The van der Waals surface area contributed by atoms with E-state index in [1.165, 1.54) is 28.8 Å². The number of ketones is 1. The first-order chi connectivity index (χ1) is 19.9. The van der Waals surface area contributed by atoms with Gasteiger partial charge in [0.2, 0.25) is 5.91 Å². The molecule has 0 aliphatic carbocycles. The van der Waals surface area contributed by atoms with Crippen LogP contribution in [0.4, 0.5) is 23.7 Å². The zero-order valence-corrected chi connectivity index (χ0v) is 24.4. The maximum atomic E-state index is 12.7. The first-order valence-electron chi connectivity index (χ1n) is 13.6. The van der Waals surface area contributed by atoms with Gasteiger partial charge in [-0.2, -0.15) is 18.2 Å². The molecule has 1 aliphatic heterocycles. The van der Waals surface area contributed by atoms with Crippen LogP contribution in [0.2, 0.25) is 0 Å². The largest absolute Gasteiger partial charge is 0.416 e. The lowest BCUT2D eigenvalue weighted by Crippen LogP contribution is -2.32. The zero-order chi connectivity index (χ0) is 30.4. The molecule has 4 rings (SSSR count). The van der Waals surface area contributed by atoms with Crippen LogP contribution in [0.5, 0.6) is 0 Å². The summed E-state index contributed by atoms with van der Waals surface area (Å²) in [5, 5.41) is 3.14. The van der Waals surface area contributed by atoms with E-state index in [2.05, 4.69) is 24.2 Å². The van der Waals surface area contributed by atoms with Crippen molar-refractivity contribution >= 4 is 40.3 Å². The summed E-state index contributed by atoms with van der Waals surface area (Å²) in [4.78, 5) is 43.5. The fourth-order valence-electron chi connectivity index (χ4n) is 4.61. The maximum Gasteiger partial charge on any atom is 0.416 e. The third kappa shape index (κ3) is 8.09. The molecule has 1 saturated heterocycles. The second-order valence-electron chi connectivity index (χ2n) is 10.5. The zero-order valence-electron chi connectivity index (χ0n) is 23.6. The standard InChI is InChI=1S/C32H32F3N3O3S/c1-20(2)27-13-4-21(3)16-28(27)38-29(40)19-42-31(38)37-30(41)36-15-14-22-5-7-23(8-6-22)17-26(39)18-24-9-11-25(12-10-24)32(33,34)35/h4-13,16,20H,14-15,17-19H2,1-3H3,(H,36,41). The van der Waals surface area contributed by atoms with E-state index in [0.717, 1.165) is 40.1 Å². The smallest absolute Gasteiger partial charge is 0.336 e. The Morgan fingerprint density at radius 3 is 2.14 bits per heavy atom. The van der Waals surface area contributed by atoms with Gasteiger partial charge in [-0.1, -0.05) is 74.1 Å². The van der Waals surface area contributed by atoms with Crippen molar-refractivity contribution in [1.29, 1.82) is 0 Å². The number of Topliss-reactive ketones (excluding diaryl/α,β-unsaturated/α-hetero) is 1. The number of urea groups is 1. The number of amides is 3. The summed E-state index contributed by atoms with van der Waals surface area (Å²) in [6.45, 7) is 6.40. The summed E-state index contributed by atoms with van der Waals surface area (Å²) in [5.74, 6) is 0.198. The molecule has 0 saturated carbocycles. The first kappa shape index (κ1) is 31.0. The minimum atomic E-state index is -4.41. The van der Waals surface area contributed by atoms with Gasteiger partial charge in [-0.25, -0.2) is 4.79 Å². The van der Waals surface area contributed by atoms with Crippen LogP contribution in [0.1, 0.15) is 53.1 Å². The Kier molecular flexibility index (Phi) is 9.88. The highest BCUT2D eigenvalue weighted by molar-refractivity contribution is 8.15. The molecule has 0 atom stereocenters. The molecule has 1 aliphatic rings. The van der Waals surface area contributed by atoms with E-state index >= 15 is 0 Å². The molecule has 6 nitrogen and oxygen atoms in total. The minimum absolute atomic E-state index is 0.0540. The second-order valence-corrected chi connectivity index (χ2v) is 11.5. The van der Waals surface area contributed by atoms with Gasteiger partial charge in [-0.15, -0.1) is 0 Å². The number of hydrogen-bond donors (Lipinski definition) is 1. The first-order valence-corrected chi connectivity index (χ1v) is 14.6. The quantitative estimate of drug-likeness (QED) is 0.293. The van der Waals surface area contributed by atoms with Gasteiger partial charge in [0.05, 0.1) is 17.0 Å². The van der Waals surface area contributed by atoms with Crippen molar-refractivity contribution in [2.75, 3.05) is 17.2 Å². The highest BCUT2D eigenvalue weighted by Crippen LogP contribution is 2.34. The molecule has 3 aromatic carbocycles. The molecular formula is C32H32F3N3O3S. The van der Waals surface area contributed by atoms with Gasteiger partial charge in [-0.05, 0) is 65.3 Å². The summed E-state index contributed by atoms with van der Waals surface area (Å²) < 4.78 is 38.2. The van der Waals surface area contributed by atoms with Gasteiger partial charge < -0.3 is 5.32 Å². The van der Waals surface area contributed by atoms with Crippen LogP contribution in [0.25, 0.3) is 0 Å². The summed E-state index contributed by atoms with van der Waals surface area (Å²) in [6, 6.07) is 17.4. The number of halogens is 3. The molecular weight excluding hydrogens is 563 g/mol. The predicted molar refractivity (Wildman–Crippen MR) is 160 cm³/mol. The van der Waals surface area contributed by atoms with Gasteiger partial charge >= 0.3 is 12.2 Å². The van der Waals surface area contributed by atoms with Crippen molar-refractivity contribution in [1.82, 2.24) is 5.32 Å². The lowest BCUT2D eigenvalue weighted by molar-refractivity contribution is -0.137. The summed E-state index contributed by atoms with van der Waals surface area (Å²) in [5.41, 5.74) is 4.32. The number of anilines is 1. The normalized spacial score (nSPS) is 14.6. The molecule has 3 aromatic rings. The van der Waals surface area contributed by atoms with E-state index in [4.69, 9.17) is 0 Å². The monoisotopic (exact) mass is 595 g/mol. The highest BCUT2D eigenvalue weighted by atomic mass is 32.2. The average molecular weight is 596 g/mol. The molecule has 0 radical (unpaired) electrons. The van der Waals surface area contributed by atoms with Crippen molar-refractivity contribution in [3.05, 3.63) is 100 Å². The molecule has 1 heterocycles. The molecule has 10 heteroatoms. The van der Waals surface area contributed by atoms with Crippen LogP contribution in [-0.2, 0) is 35.0 Å². The van der Waals surface area contributed by atoms with E-state index in [1.54, 1.807) is 0 Å². The Morgan fingerprint density at radius 2 is 1.55 bits per heavy atom. The molecule has 0 bridgehead atoms. The molecule has 1 fully saturated rings. The van der Waals surface area contributed by atoms with Crippen LogP contribution in [-0.4, -0.2) is 35.2 Å². The predicted octanol–water partition coefficient (Wildman–Crippen LogP) is 6.88. The van der Waals surface area contributed by atoms with Crippen molar-refractivity contribution in [2.24, 2.45) is 4.99 Å². The summed E-state index contributed by atoms with van der Waals surface area (Å²) in [7, 11) is 0. The van der Waals surface area contributed by atoms with Crippen molar-refractivity contribution < 1.29 is 27.6 Å². The number of nitrogens with zero attached hydrogens (tertiary/aromatic N) is 2. The van der Waals surface area contributed by atoms with Gasteiger partial charge in [0.25, 0.3) is 0 Å². The van der Waals surface area contributed by atoms with Crippen LogP contribution in [0.15, 0.2) is 71.7 Å². The number of benzene rings is 3. The highest BCUT2D eigenvalue weighted by Gasteiger charge is 2.32. The van der Waals surface area contributed by atoms with Gasteiger partial charge in [0.1, 0.15) is 5.78 Å². The number of carbonyl (C=O) groups excluding carboxylic acids is 3. The number of aryl methyl sites for hydroxylation is 1. The summed E-state index contributed by atoms with van der Waals surface area (Å²) >= 11 is 1.24. The van der Waals surface area contributed by atoms with Crippen LogP contribution in [0, 0.1) is 6.92 Å². The number of carbonyl (C=O) groups is 3. The minimum Gasteiger partial charge on any atom is -0.336 e. The van der Waals surface area contributed by atoms with Gasteiger partial charge in [0.15, 0.2) is 5.17 Å². The fourth-order valence-corrected chi connectivity index (χ4v) is 5.47. The molecule has 0 spiro atoms. The second kappa shape index (κ2) is 13.4. The Morgan fingerprint density at radius 1 is 0.952 bits per heavy atom. The Hall–Kier alpha value is -3.92. The lowest BCUT2D eigenvalue weighted by atomic mass is 9.99. The Balaban J connectivity index is 1.29. The molecule has 42 heavy (non-hydrogen) atoms. The van der Waals surface area contributed by atoms with E-state index in [0.29, 0.717) is 23.7 Å². The lowest BCUT2D eigenvalue weighted by Gasteiger charge is -2.22. The fraction of sp³-hybridized carbons (Fsp3) is 0.312. The van der Waals surface area contributed by atoms with Gasteiger partial charge in [0, 0.05) is 19.4 Å². The molecule has 1 N–H and O–H groups in total. The van der Waals surface area contributed by atoms with E-state index < -0.39 is 17.8 Å². The molecule has 220 valence electrons. The number of alkyl halides is 3. The Labute approximate surface area is 247 Å². The number of nitrogens with one attached hydrogen (secondary N) is 1. The summed E-state index contributed by atoms with van der Waals surface area (Å²) in [6.07, 6.45) is -3.64. The Bertz CT molecular complexity index is 1480. The van der Waals surface area contributed by atoms with Crippen LogP contribution in [0.3, 0.4) is 0 Å². The topological polar surface area (TPSA) is 78.8 Å². The van der Waals surface area contributed by atoms with E-state index in [1.807, 2.05) is 49.4 Å². The third-order valence-corrected chi connectivity index (χ3v) is 7.73. The SMILES string of the molecule is Cc1ccc(C(C)C)c(N2C(=O)CSC2=NC(=O)NCCc2ccc(CC(=O)Cc3ccc(C(F)(F)F)cc3)cc2)c1.